The van der Waals surface area contributed by atoms with Crippen molar-refractivity contribution in [2.75, 3.05) is 0 Å². The third-order valence-corrected chi connectivity index (χ3v) is 5.20. The van der Waals surface area contributed by atoms with E-state index in [-0.39, 0.29) is 0 Å². The first-order chi connectivity index (χ1) is 8.95. The molecule has 0 aromatic heterocycles. The Morgan fingerprint density at radius 1 is 0.833 bits per heavy atom. The second-order valence-electron chi connectivity index (χ2n) is 6.61. The van der Waals surface area contributed by atoms with Crippen LogP contribution in [0.25, 0.3) is 0 Å². The Hall–Kier alpha value is -0.530. The van der Waals surface area contributed by atoms with Gasteiger partial charge in [-0.05, 0) is 24.7 Å². The number of nitrogens with zero attached hydrogens (tertiary/aromatic N) is 1. The molecule has 2 aliphatic carbocycles. The van der Waals surface area contributed by atoms with Crippen LogP contribution in [0.15, 0.2) is 4.99 Å². The van der Waals surface area contributed by atoms with Gasteiger partial charge in [0.2, 0.25) is 0 Å². The first-order valence-corrected chi connectivity index (χ1v) is 8.23. The largest absolute Gasteiger partial charge is 0.372 e. The highest BCUT2D eigenvalue weighted by molar-refractivity contribution is 5.58. The van der Waals surface area contributed by atoms with Gasteiger partial charge in [-0.25, -0.2) is 0 Å². The fourth-order valence-electron chi connectivity index (χ4n) is 3.94. The molecule has 1 N–H and O–H groups in total. The molecule has 0 amide bonds. The molecule has 2 saturated carbocycles. The molecular formula is C16H28N2. The minimum Gasteiger partial charge on any atom is -0.372 e. The second kappa shape index (κ2) is 6.08. The van der Waals surface area contributed by atoms with Crippen LogP contribution in [0.2, 0.25) is 0 Å². The Balaban J connectivity index is 1.52. The van der Waals surface area contributed by atoms with Crippen molar-refractivity contribution in [3.05, 3.63) is 0 Å². The summed E-state index contributed by atoms with van der Waals surface area (Å²) in [5.41, 5.74) is 0. The lowest BCUT2D eigenvalue weighted by atomic mass is 9.95. The lowest BCUT2D eigenvalue weighted by Gasteiger charge is -2.19. The highest BCUT2D eigenvalue weighted by Crippen LogP contribution is 2.47. The van der Waals surface area contributed by atoms with Crippen LogP contribution in [0.5, 0.6) is 0 Å². The Bertz CT molecular complexity index is 287. The molecule has 1 heterocycles. The van der Waals surface area contributed by atoms with E-state index in [2.05, 4.69) is 5.32 Å². The first kappa shape index (κ1) is 12.5. The number of hydrogen-bond acceptors (Lipinski definition) is 2. The highest BCUT2D eigenvalue weighted by atomic mass is 15.1. The van der Waals surface area contributed by atoms with Gasteiger partial charge in [0.25, 0.3) is 0 Å². The van der Waals surface area contributed by atoms with Gasteiger partial charge in [0.05, 0.1) is 12.4 Å². The molecule has 2 nitrogen and oxygen atoms in total. The van der Waals surface area contributed by atoms with Crippen LogP contribution in [0.3, 0.4) is 0 Å². The summed E-state index contributed by atoms with van der Waals surface area (Å²) in [6.07, 6.45) is 17.9. The molecule has 18 heavy (non-hydrogen) atoms. The summed E-state index contributed by atoms with van der Waals surface area (Å²) >= 11 is 0. The zero-order valence-electron chi connectivity index (χ0n) is 11.6. The summed E-state index contributed by atoms with van der Waals surface area (Å²) in [5.74, 6) is 1.93. The summed E-state index contributed by atoms with van der Waals surface area (Å²) in [7, 11) is 0. The van der Waals surface area contributed by atoms with E-state index in [0.29, 0.717) is 12.1 Å². The van der Waals surface area contributed by atoms with E-state index in [1.165, 1.54) is 70.6 Å². The Labute approximate surface area is 112 Å². The van der Waals surface area contributed by atoms with Gasteiger partial charge in [-0.2, -0.15) is 0 Å². The quantitative estimate of drug-likeness (QED) is 0.690. The molecule has 2 fully saturated rings. The van der Waals surface area contributed by atoms with Crippen molar-refractivity contribution >= 4 is 6.34 Å². The average molecular weight is 248 g/mol. The lowest BCUT2D eigenvalue weighted by Crippen LogP contribution is -2.33. The topological polar surface area (TPSA) is 24.4 Å². The van der Waals surface area contributed by atoms with E-state index in [1.807, 2.05) is 6.34 Å². The molecule has 0 aromatic carbocycles. The summed E-state index contributed by atoms with van der Waals surface area (Å²) < 4.78 is 0. The standard InChI is InChI=1S/C16H28N2/c1-2-4-6-8-10-15-16(18-12-17-15)14-11-13(14)9-7-5-3-1/h12-16H,1-11H2,(H,17,18). The van der Waals surface area contributed by atoms with Crippen molar-refractivity contribution in [2.24, 2.45) is 16.8 Å². The summed E-state index contributed by atoms with van der Waals surface area (Å²) in [4.78, 5) is 4.71. The van der Waals surface area contributed by atoms with Crippen molar-refractivity contribution < 1.29 is 0 Å². The number of rotatable bonds is 0. The molecular weight excluding hydrogens is 220 g/mol. The van der Waals surface area contributed by atoms with E-state index < -0.39 is 0 Å². The van der Waals surface area contributed by atoms with Crippen LogP contribution in [-0.2, 0) is 0 Å². The number of aliphatic imine (C=N–C) groups is 1. The molecule has 3 aliphatic rings. The van der Waals surface area contributed by atoms with Gasteiger partial charge in [-0.1, -0.05) is 57.8 Å². The van der Waals surface area contributed by atoms with Crippen molar-refractivity contribution in [1.82, 2.24) is 5.32 Å². The molecule has 0 radical (unpaired) electrons. The highest BCUT2D eigenvalue weighted by Gasteiger charge is 2.46. The molecule has 2 heteroatoms. The number of fused-ring (bicyclic) bond motifs is 3. The Kier molecular flexibility index (Phi) is 4.22. The van der Waals surface area contributed by atoms with Crippen molar-refractivity contribution in [2.45, 2.75) is 82.7 Å². The molecule has 3 rings (SSSR count). The molecule has 1 aliphatic heterocycles. The SMILES string of the molecule is C1=NC2C(CCCCCCCCCCC3CC32)N1. The van der Waals surface area contributed by atoms with Gasteiger partial charge in [-0.3, -0.25) is 4.99 Å². The van der Waals surface area contributed by atoms with E-state index in [1.54, 1.807) is 0 Å². The Morgan fingerprint density at radius 2 is 1.50 bits per heavy atom. The van der Waals surface area contributed by atoms with Gasteiger partial charge < -0.3 is 5.32 Å². The zero-order chi connectivity index (χ0) is 12.2. The monoisotopic (exact) mass is 248 g/mol. The van der Waals surface area contributed by atoms with Crippen LogP contribution in [0, 0.1) is 11.8 Å². The summed E-state index contributed by atoms with van der Waals surface area (Å²) in [5, 5.41) is 3.50. The van der Waals surface area contributed by atoms with Crippen molar-refractivity contribution in [3.63, 3.8) is 0 Å². The molecule has 4 atom stereocenters. The van der Waals surface area contributed by atoms with Crippen LogP contribution in [0.4, 0.5) is 0 Å². The third kappa shape index (κ3) is 3.07. The normalized spacial score (nSPS) is 41.3. The molecule has 0 aromatic rings. The number of nitrogens with one attached hydrogen (secondary N) is 1. The molecule has 0 spiro atoms. The molecule has 4 unspecified atom stereocenters. The van der Waals surface area contributed by atoms with Gasteiger partial charge >= 0.3 is 0 Å². The minimum atomic E-state index is 0.623. The van der Waals surface area contributed by atoms with E-state index in [9.17, 15) is 0 Å². The van der Waals surface area contributed by atoms with Crippen LogP contribution in [0.1, 0.15) is 70.6 Å². The van der Waals surface area contributed by atoms with Crippen molar-refractivity contribution in [1.29, 1.82) is 0 Å². The first-order valence-electron chi connectivity index (χ1n) is 8.23. The predicted octanol–water partition coefficient (Wildman–Crippen LogP) is 3.91. The van der Waals surface area contributed by atoms with Crippen LogP contribution in [-0.4, -0.2) is 18.4 Å². The molecule has 0 bridgehead atoms. The van der Waals surface area contributed by atoms with Gasteiger partial charge in [0.15, 0.2) is 0 Å². The summed E-state index contributed by atoms with van der Waals surface area (Å²) in [6, 6.07) is 1.29. The third-order valence-electron chi connectivity index (χ3n) is 5.20. The number of hydrogen-bond donors (Lipinski definition) is 1. The minimum absolute atomic E-state index is 0.623. The molecule has 0 saturated heterocycles. The fourth-order valence-corrected chi connectivity index (χ4v) is 3.94. The fraction of sp³-hybridized carbons (Fsp3) is 0.938. The average Bonchev–Trinajstić information content (AvgIpc) is 2.99. The van der Waals surface area contributed by atoms with E-state index >= 15 is 0 Å². The zero-order valence-corrected chi connectivity index (χ0v) is 11.6. The Morgan fingerprint density at radius 3 is 2.28 bits per heavy atom. The second-order valence-corrected chi connectivity index (χ2v) is 6.61. The maximum absolute atomic E-state index is 4.71. The van der Waals surface area contributed by atoms with Crippen molar-refractivity contribution in [3.8, 4) is 0 Å². The summed E-state index contributed by atoms with van der Waals surface area (Å²) in [6.45, 7) is 0. The maximum atomic E-state index is 4.71. The lowest BCUT2D eigenvalue weighted by molar-refractivity contribution is 0.407. The van der Waals surface area contributed by atoms with Gasteiger partial charge in [0, 0.05) is 6.04 Å². The van der Waals surface area contributed by atoms with Crippen LogP contribution >= 0.6 is 0 Å². The smallest absolute Gasteiger partial charge is 0.0831 e. The molecule has 102 valence electrons. The van der Waals surface area contributed by atoms with E-state index in [4.69, 9.17) is 4.99 Å². The maximum Gasteiger partial charge on any atom is 0.0831 e. The van der Waals surface area contributed by atoms with E-state index in [0.717, 1.165) is 11.8 Å². The van der Waals surface area contributed by atoms with Crippen LogP contribution < -0.4 is 5.32 Å². The van der Waals surface area contributed by atoms with Gasteiger partial charge in [0.1, 0.15) is 0 Å². The van der Waals surface area contributed by atoms with Gasteiger partial charge in [-0.15, -0.1) is 0 Å². The predicted molar refractivity (Wildman–Crippen MR) is 77.0 cm³/mol.